The van der Waals surface area contributed by atoms with Crippen LogP contribution in [-0.2, 0) is 0 Å². The van der Waals surface area contributed by atoms with Gasteiger partial charge in [-0.2, -0.15) is 0 Å². The minimum atomic E-state index is -1.18. The van der Waals surface area contributed by atoms with E-state index in [0.29, 0.717) is 0 Å². The molecule has 0 bridgehead atoms. The van der Waals surface area contributed by atoms with Crippen molar-refractivity contribution in [3.05, 3.63) is 10.6 Å². The first kappa shape index (κ1) is 16.0. The minimum absolute atomic E-state index is 0.829. The molecule has 3 heteroatoms. The minimum Gasteiger partial charge on any atom is -0.143 e. The van der Waals surface area contributed by atoms with Crippen molar-refractivity contribution in [3.8, 4) is 0 Å². The molecule has 0 amide bonds. The first-order valence-electron chi connectivity index (χ1n) is 7.99. The highest BCUT2D eigenvalue weighted by molar-refractivity contribution is 8.20. The van der Waals surface area contributed by atoms with Gasteiger partial charge in [0.05, 0.1) is 12.7 Å². The summed E-state index contributed by atoms with van der Waals surface area (Å²) in [6.45, 7) is 10.0. The van der Waals surface area contributed by atoms with Gasteiger partial charge in [0.2, 0.25) is 0 Å². The molecule has 110 valence electrons. The fourth-order valence-corrected chi connectivity index (χ4v) is 11.7. The molecule has 0 saturated heterocycles. The van der Waals surface area contributed by atoms with Gasteiger partial charge in [0, 0.05) is 5.75 Å². The van der Waals surface area contributed by atoms with Crippen molar-refractivity contribution in [1.29, 1.82) is 0 Å². The second-order valence-electron chi connectivity index (χ2n) is 7.14. The summed E-state index contributed by atoms with van der Waals surface area (Å²) in [6, 6.07) is 0. The van der Waals surface area contributed by atoms with E-state index in [1.807, 2.05) is 4.53 Å². The van der Waals surface area contributed by atoms with Crippen molar-refractivity contribution in [1.82, 2.24) is 0 Å². The van der Waals surface area contributed by atoms with Crippen LogP contribution in [0.2, 0.25) is 18.6 Å². The largest absolute Gasteiger partial charge is 0.143 e. The van der Waals surface area contributed by atoms with Crippen LogP contribution in [0.5, 0.6) is 0 Å². The molecular formula is C16H30S2Si. The van der Waals surface area contributed by atoms with Gasteiger partial charge in [-0.05, 0) is 22.4 Å². The Kier molecular flexibility index (Phi) is 5.98. The molecule has 0 aromatic rings. The molecule has 19 heavy (non-hydrogen) atoms. The fourth-order valence-electron chi connectivity index (χ4n) is 3.40. The summed E-state index contributed by atoms with van der Waals surface area (Å²) >= 11 is 4.41. The molecule has 2 aliphatic rings. The highest BCUT2D eigenvalue weighted by Gasteiger charge is 2.38. The van der Waals surface area contributed by atoms with Crippen molar-refractivity contribution in [3.63, 3.8) is 0 Å². The first-order chi connectivity index (χ1) is 9.00. The molecule has 0 aromatic carbocycles. The summed E-state index contributed by atoms with van der Waals surface area (Å²) in [5, 5.41) is 0. The Balaban J connectivity index is 2.00. The molecule has 1 aliphatic heterocycles. The topological polar surface area (TPSA) is 0 Å². The van der Waals surface area contributed by atoms with Gasteiger partial charge in [0.15, 0.2) is 0 Å². The SMILES string of the molecule is CC(C)CC1SCC=C([Si](C)(C)C2CCCCC2)S1. The molecule has 2 rings (SSSR count). The van der Waals surface area contributed by atoms with Gasteiger partial charge in [-0.3, -0.25) is 0 Å². The Morgan fingerprint density at radius 2 is 1.89 bits per heavy atom. The Bertz CT molecular complexity index is 317. The van der Waals surface area contributed by atoms with E-state index in [1.165, 1.54) is 44.3 Å². The maximum absolute atomic E-state index is 2.64. The highest BCUT2D eigenvalue weighted by atomic mass is 32.2. The van der Waals surface area contributed by atoms with E-state index in [-0.39, 0.29) is 0 Å². The van der Waals surface area contributed by atoms with E-state index < -0.39 is 8.07 Å². The van der Waals surface area contributed by atoms with Gasteiger partial charge in [-0.1, -0.05) is 65.1 Å². The fraction of sp³-hybridized carbons (Fsp3) is 0.875. The molecule has 1 saturated carbocycles. The third kappa shape index (κ3) is 4.31. The van der Waals surface area contributed by atoms with Crippen molar-refractivity contribution in [2.45, 2.75) is 75.6 Å². The lowest BCUT2D eigenvalue weighted by molar-refractivity contribution is 0.494. The van der Waals surface area contributed by atoms with Gasteiger partial charge in [-0.25, -0.2) is 0 Å². The molecular weight excluding hydrogens is 284 g/mol. The quantitative estimate of drug-likeness (QED) is 0.558. The summed E-state index contributed by atoms with van der Waals surface area (Å²) in [6.07, 6.45) is 11.5. The zero-order valence-corrected chi connectivity index (χ0v) is 15.7. The predicted octanol–water partition coefficient (Wildman–Crippen LogP) is 6.30. The molecule has 0 N–H and O–H groups in total. The van der Waals surface area contributed by atoms with E-state index in [1.54, 1.807) is 0 Å². The van der Waals surface area contributed by atoms with Crippen LogP contribution in [0, 0.1) is 5.92 Å². The molecule has 0 nitrogen and oxygen atoms in total. The molecule has 1 aliphatic carbocycles. The molecule has 1 atom stereocenters. The maximum Gasteiger partial charge on any atom is 0.0915 e. The Hall–Kier alpha value is 0.657. The average Bonchev–Trinajstić information content (AvgIpc) is 2.39. The van der Waals surface area contributed by atoms with E-state index in [2.05, 4.69) is 56.5 Å². The zero-order valence-electron chi connectivity index (χ0n) is 13.1. The summed E-state index contributed by atoms with van der Waals surface area (Å²) in [5.74, 6) is 2.10. The molecule has 0 radical (unpaired) electrons. The van der Waals surface area contributed by atoms with Crippen LogP contribution in [0.25, 0.3) is 0 Å². The van der Waals surface area contributed by atoms with Gasteiger partial charge in [0.25, 0.3) is 0 Å². The summed E-state index contributed by atoms with van der Waals surface area (Å²) < 4.78 is 2.67. The third-order valence-electron chi connectivity index (χ3n) is 4.73. The molecule has 1 unspecified atom stereocenters. The summed E-state index contributed by atoms with van der Waals surface area (Å²) in [7, 11) is -1.18. The molecule has 0 spiro atoms. The Morgan fingerprint density at radius 1 is 1.21 bits per heavy atom. The van der Waals surface area contributed by atoms with E-state index >= 15 is 0 Å². The van der Waals surface area contributed by atoms with Crippen molar-refractivity contribution < 1.29 is 0 Å². The van der Waals surface area contributed by atoms with Gasteiger partial charge in [0.1, 0.15) is 0 Å². The van der Waals surface area contributed by atoms with Crippen LogP contribution >= 0.6 is 23.5 Å². The van der Waals surface area contributed by atoms with Crippen LogP contribution in [0.4, 0.5) is 0 Å². The number of thioether (sulfide) groups is 2. The maximum atomic E-state index is 2.64. The lowest BCUT2D eigenvalue weighted by atomic mass is 10.0. The second-order valence-corrected chi connectivity index (χ2v) is 15.1. The van der Waals surface area contributed by atoms with E-state index in [9.17, 15) is 0 Å². The smallest absolute Gasteiger partial charge is 0.0915 e. The van der Waals surface area contributed by atoms with Gasteiger partial charge < -0.3 is 0 Å². The van der Waals surface area contributed by atoms with Crippen molar-refractivity contribution in [2.75, 3.05) is 5.75 Å². The average molecular weight is 315 g/mol. The van der Waals surface area contributed by atoms with Crippen molar-refractivity contribution in [2.24, 2.45) is 5.92 Å². The predicted molar refractivity (Wildman–Crippen MR) is 95.7 cm³/mol. The molecule has 1 fully saturated rings. The molecule has 1 heterocycles. The lowest BCUT2D eigenvalue weighted by Gasteiger charge is -2.39. The third-order valence-corrected chi connectivity index (χ3v) is 13.3. The second kappa shape index (κ2) is 7.08. The summed E-state index contributed by atoms with van der Waals surface area (Å²) in [5.41, 5.74) is 1.06. The van der Waals surface area contributed by atoms with E-state index in [4.69, 9.17) is 0 Å². The standard InChI is InChI=1S/C16H30S2Si/c1-13(2)12-15-17-11-10-16(18-15)19(3,4)14-8-6-5-7-9-14/h10,13-15H,5-9,11-12H2,1-4H3. The Labute approximate surface area is 129 Å². The number of rotatable bonds is 4. The monoisotopic (exact) mass is 314 g/mol. The van der Waals surface area contributed by atoms with Crippen LogP contribution in [-0.4, -0.2) is 18.4 Å². The van der Waals surface area contributed by atoms with E-state index in [0.717, 1.165) is 16.0 Å². The van der Waals surface area contributed by atoms with Crippen LogP contribution in [0.3, 0.4) is 0 Å². The molecule has 0 aromatic heterocycles. The van der Waals surface area contributed by atoms with Gasteiger partial charge in [-0.15, -0.1) is 23.5 Å². The van der Waals surface area contributed by atoms with Crippen LogP contribution < -0.4 is 0 Å². The number of hydrogen-bond acceptors (Lipinski definition) is 2. The van der Waals surface area contributed by atoms with Crippen molar-refractivity contribution >= 4 is 31.6 Å². The van der Waals surface area contributed by atoms with Gasteiger partial charge >= 0.3 is 0 Å². The zero-order chi connectivity index (χ0) is 13.9. The highest BCUT2D eigenvalue weighted by Crippen LogP contribution is 2.48. The Morgan fingerprint density at radius 3 is 2.53 bits per heavy atom. The lowest BCUT2D eigenvalue weighted by Crippen LogP contribution is -2.37. The number of hydrogen-bond donors (Lipinski definition) is 0. The normalized spacial score (nSPS) is 26.6. The van der Waals surface area contributed by atoms with Crippen LogP contribution in [0.15, 0.2) is 10.6 Å². The first-order valence-corrected chi connectivity index (χ1v) is 13.0. The summed E-state index contributed by atoms with van der Waals surface area (Å²) in [4.78, 5) is 0. The van der Waals surface area contributed by atoms with Crippen LogP contribution in [0.1, 0.15) is 52.4 Å².